The second-order valence-electron chi connectivity index (χ2n) is 3.68. The Labute approximate surface area is 115 Å². The van der Waals surface area contributed by atoms with Gasteiger partial charge in [-0.3, -0.25) is 4.79 Å². The summed E-state index contributed by atoms with van der Waals surface area (Å²) in [6, 6.07) is 0.932. The van der Waals surface area contributed by atoms with Crippen LogP contribution in [-0.2, 0) is 0 Å². The first kappa shape index (κ1) is 14.1. The zero-order valence-corrected chi connectivity index (χ0v) is 10.9. The summed E-state index contributed by atoms with van der Waals surface area (Å²) in [4.78, 5) is 15.7. The summed E-state index contributed by atoms with van der Waals surface area (Å²) in [5.41, 5.74) is 4.78. The van der Waals surface area contributed by atoms with Gasteiger partial charge in [-0.2, -0.15) is 0 Å². The van der Waals surface area contributed by atoms with Crippen LogP contribution in [-0.4, -0.2) is 17.9 Å². The van der Waals surface area contributed by atoms with Crippen molar-refractivity contribution in [3.05, 3.63) is 34.5 Å². The topological polar surface area (TPSA) is 80.0 Å². The Morgan fingerprint density at radius 2 is 1.90 bits per heavy atom. The molecule has 20 heavy (non-hydrogen) atoms. The van der Waals surface area contributed by atoms with E-state index < -0.39 is 29.0 Å². The van der Waals surface area contributed by atoms with Gasteiger partial charge in [0.2, 0.25) is 0 Å². The van der Waals surface area contributed by atoms with Crippen LogP contribution in [0.4, 0.5) is 29.8 Å². The molecule has 106 valence electrons. The average molecular weight is 302 g/mol. The predicted molar refractivity (Wildman–Crippen MR) is 70.3 cm³/mol. The van der Waals surface area contributed by atoms with Crippen LogP contribution < -0.4 is 16.4 Å². The second-order valence-corrected chi connectivity index (χ2v) is 4.68. The largest absolute Gasteiger partial charge is 0.382 e. The number of hydrogen-bond donors (Lipinski definition) is 3. The van der Waals surface area contributed by atoms with E-state index in [0.717, 1.165) is 11.3 Å². The SMILES string of the molecule is CNc1nc(N)c(C(=O)Nc2c(F)cc(F)cc2F)s1. The molecule has 1 heterocycles. The van der Waals surface area contributed by atoms with Crippen LogP contribution in [0.15, 0.2) is 12.1 Å². The van der Waals surface area contributed by atoms with Gasteiger partial charge in [-0.25, -0.2) is 18.2 Å². The summed E-state index contributed by atoms with van der Waals surface area (Å²) >= 11 is 0.923. The van der Waals surface area contributed by atoms with Crippen LogP contribution in [0.5, 0.6) is 0 Å². The van der Waals surface area contributed by atoms with Crippen molar-refractivity contribution in [3.63, 3.8) is 0 Å². The number of nitrogens with zero attached hydrogens (tertiary/aromatic N) is 1. The van der Waals surface area contributed by atoms with Crippen LogP contribution in [0, 0.1) is 17.5 Å². The fourth-order valence-electron chi connectivity index (χ4n) is 1.43. The smallest absolute Gasteiger partial charge is 0.269 e. The molecule has 0 aliphatic rings. The van der Waals surface area contributed by atoms with E-state index in [1.165, 1.54) is 0 Å². The number of nitrogen functional groups attached to an aromatic ring is 1. The lowest BCUT2D eigenvalue weighted by Crippen LogP contribution is -2.14. The Bertz CT molecular complexity index is 651. The van der Waals surface area contributed by atoms with Gasteiger partial charge in [-0.05, 0) is 0 Å². The molecule has 0 aliphatic carbocycles. The Morgan fingerprint density at radius 3 is 2.40 bits per heavy atom. The van der Waals surface area contributed by atoms with E-state index in [9.17, 15) is 18.0 Å². The number of halogens is 3. The standard InChI is InChI=1S/C11H9F3N4OS/c1-16-11-18-9(15)8(20-11)10(19)17-7-5(13)2-4(12)3-6(7)14/h2-3H,15H2,1H3,(H,16,18)(H,17,19). The first-order chi connectivity index (χ1) is 9.42. The molecular formula is C11H9F3N4OS. The molecule has 0 radical (unpaired) electrons. The van der Waals surface area contributed by atoms with Crippen molar-refractivity contribution in [1.82, 2.24) is 4.98 Å². The van der Waals surface area contributed by atoms with Crippen molar-refractivity contribution in [2.75, 3.05) is 23.4 Å². The van der Waals surface area contributed by atoms with Crippen LogP contribution in [0.25, 0.3) is 0 Å². The summed E-state index contributed by atoms with van der Waals surface area (Å²) in [7, 11) is 1.58. The Kier molecular flexibility index (Phi) is 3.79. The number of amides is 1. The number of aromatic nitrogens is 1. The van der Waals surface area contributed by atoms with Gasteiger partial charge in [0.1, 0.15) is 22.2 Å². The van der Waals surface area contributed by atoms with Gasteiger partial charge in [0.15, 0.2) is 16.8 Å². The molecule has 0 saturated heterocycles. The number of carbonyl (C=O) groups excluding carboxylic acids is 1. The highest BCUT2D eigenvalue weighted by molar-refractivity contribution is 7.18. The molecule has 1 aromatic heterocycles. The van der Waals surface area contributed by atoms with E-state index in [0.29, 0.717) is 17.3 Å². The van der Waals surface area contributed by atoms with Crippen molar-refractivity contribution < 1.29 is 18.0 Å². The third-order valence-electron chi connectivity index (χ3n) is 2.32. The Hall–Kier alpha value is -2.29. The quantitative estimate of drug-likeness (QED) is 0.813. The molecule has 0 unspecified atom stereocenters. The van der Waals surface area contributed by atoms with Gasteiger partial charge < -0.3 is 16.4 Å². The molecule has 0 saturated carbocycles. The molecule has 2 aromatic rings. The van der Waals surface area contributed by atoms with E-state index >= 15 is 0 Å². The summed E-state index contributed by atoms with van der Waals surface area (Å²) in [5.74, 6) is -4.40. The van der Waals surface area contributed by atoms with Crippen LogP contribution in [0.2, 0.25) is 0 Å². The summed E-state index contributed by atoms with van der Waals surface area (Å²) in [6.45, 7) is 0. The fourth-order valence-corrected chi connectivity index (χ4v) is 2.17. The Balaban J connectivity index is 2.30. The van der Waals surface area contributed by atoms with Crippen molar-refractivity contribution in [2.45, 2.75) is 0 Å². The van der Waals surface area contributed by atoms with E-state index in [-0.39, 0.29) is 10.7 Å². The minimum Gasteiger partial charge on any atom is -0.382 e. The predicted octanol–water partition coefficient (Wildman–Crippen LogP) is 2.44. The number of nitrogens with two attached hydrogens (primary N) is 1. The molecule has 0 fully saturated rings. The highest BCUT2D eigenvalue weighted by Gasteiger charge is 2.20. The molecule has 1 aromatic carbocycles. The molecule has 2 rings (SSSR count). The monoisotopic (exact) mass is 302 g/mol. The summed E-state index contributed by atoms with van der Waals surface area (Å²) in [5, 5.41) is 5.08. The lowest BCUT2D eigenvalue weighted by Gasteiger charge is -2.06. The summed E-state index contributed by atoms with van der Waals surface area (Å²) in [6.07, 6.45) is 0. The normalized spacial score (nSPS) is 10.4. The number of hydrogen-bond acceptors (Lipinski definition) is 5. The highest BCUT2D eigenvalue weighted by Crippen LogP contribution is 2.27. The molecule has 0 atom stereocenters. The number of rotatable bonds is 3. The number of benzene rings is 1. The maximum absolute atomic E-state index is 13.4. The molecule has 1 amide bonds. The van der Waals surface area contributed by atoms with Gasteiger partial charge in [0.25, 0.3) is 5.91 Å². The highest BCUT2D eigenvalue weighted by atomic mass is 32.1. The lowest BCUT2D eigenvalue weighted by atomic mass is 10.2. The maximum atomic E-state index is 13.4. The van der Waals surface area contributed by atoms with E-state index in [2.05, 4.69) is 10.3 Å². The van der Waals surface area contributed by atoms with Gasteiger partial charge in [0.05, 0.1) is 0 Å². The van der Waals surface area contributed by atoms with E-state index in [1.807, 2.05) is 5.32 Å². The van der Waals surface area contributed by atoms with E-state index in [4.69, 9.17) is 5.73 Å². The first-order valence-electron chi connectivity index (χ1n) is 5.32. The van der Waals surface area contributed by atoms with Crippen molar-refractivity contribution >= 4 is 33.9 Å². The fraction of sp³-hybridized carbons (Fsp3) is 0.0909. The first-order valence-corrected chi connectivity index (χ1v) is 6.14. The van der Waals surface area contributed by atoms with E-state index in [1.54, 1.807) is 7.05 Å². The van der Waals surface area contributed by atoms with Crippen LogP contribution >= 0.6 is 11.3 Å². The number of carbonyl (C=O) groups is 1. The van der Waals surface area contributed by atoms with Crippen LogP contribution in [0.3, 0.4) is 0 Å². The minimum atomic E-state index is -1.22. The third kappa shape index (κ3) is 2.67. The number of thiazole rings is 1. The molecule has 0 aliphatic heterocycles. The minimum absolute atomic E-state index is 0.00234. The molecule has 5 nitrogen and oxygen atoms in total. The third-order valence-corrected chi connectivity index (χ3v) is 3.41. The van der Waals surface area contributed by atoms with Gasteiger partial charge in [0, 0.05) is 19.2 Å². The van der Waals surface area contributed by atoms with Crippen molar-refractivity contribution in [2.24, 2.45) is 0 Å². The molecule has 9 heteroatoms. The molecule has 0 bridgehead atoms. The molecular weight excluding hydrogens is 293 g/mol. The second kappa shape index (κ2) is 5.37. The van der Waals surface area contributed by atoms with Gasteiger partial charge in [-0.1, -0.05) is 11.3 Å². The number of nitrogens with one attached hydrogen (secondary N) is 2. The van der Waals surface area contributed by atoms with Crippen LogP contribution in [0.1, 0.15) is 9.67 Å². The van der Waals surface area contributed by atoms with Crippen molar-refractivity contribution in [3.8, 4) is 0 Å². The molecule has 0 spiro atoms. The van der Waals surface area contributed by atoms with Crippen molar-refractivity contribution in [1.29, 1.82) is 0 Å². The molecule has 4 N–H and O–H groups in total. The number of anilines is 3. The zero-order valence-electron chi connectivity index (χ0n) is 10.1. The lowest BCUT2D eigenvalue weighted by molar-refractivity contribution is 0.103. The van der Waals surface area contributed by atoms with Gasteiger partial charge >= 0.3 is 0 Å². The maximum Gasteiger partial charge on any atom is 0.269 e. The summed E-state index contributed by atoms with van der Waals surface area (Å²) < 4.78 is 39.6. The Morgan fingerprint density at radius 1 is 1.30 bits per heavy atom. The zero-order chi connectivity index (χ0) is 14.9. The average Bonchev–Trinajstić information content (AvgIpc) is 2.75. The van der Waals surface area contributed by atoms with Gasteiger partial charge in [-0.15, -0.1) is 0 Å².